The molecule has 4 heteroatoms. The highest BCUT2D eigenvalue weighted by Gasteiger charge is 2.42. The lowest BCUT2D eigenvalue weighted by Crippen LogP contribution is -2.64. The van der Waals surface area contributed by atoms with Gasteiger partial charge in [0.25, 0.3) is 0 Å². The standard InChI is InChI=1S/C14H16N2O2/c17-13-11-7-4-8-12(15-11)14(18)16(13)9-10-5-2-1-3-6-10/h1-3,5-6,11-12,15H,4,7-9H2. The fourth-order valence-electron chi connectivity index (χ4n) is 2.73. The van der Waals surface area contributed by atoms with Crippen LogP contribution in [0.15, 0.2) is 30.3 Å². The van der Waals surface area contributed by atoms with Gasteiger partial charge >= 0.3 is 0 Å². The molecule has 0 spiro atoms. The molecule has 94 valence electrons. The van der Waals surface area contributed by atoms with E-state index < -0.39 is 0 Å². The lowest BCUT2D eigenvalue weighted by Gasteiger charge is -2.40. The summed E-state index contributed by atoms with van der Waals surface area (Å²) in [6.45, 7) is 0.396. The highest BCUT2D eigenvalue weighted by atomic mass is 16.2. The Bertz CT molecular complexity index is 450. The molecule has 0 saturated carbocycles. The number of imide groups is 1. The van der Waals surface area contributed by atoms with Crippen molar-refractivity contribution in [3.8, 4) is 0 Å². The van der Waals surface area contributed by atoms with E-state index in [9.17, 15) is 9.59 Å². The molecular formula is C14H16N2O2. The number of nitrogens with one attached hydrogen (secondary N) is 1. The maximum Gasteiger partial charge on any atom is 0.246 e. The van der Waals surface area contributed by atoms with E-state index in [2.05, 4.69) is 5.32 Å². The zero-order valence-corrected chi connectivity index (χ0v) is 10.1. The number of piperazine rings is 1. The van der Waals surface area contributed by atoms with Gasteiger partial charge in [0.2, 0.25) is 11.8 Å². The van der Waals surface area contributed by atoms with Crippen LogP contribution in [0.25, 0.3) is 0 Å². The minimum atomic E-state index is -0.162. The molecule has 1 N–H and O–H groups in total. The van der Waals surface area contributed by atoms with Crippen molar-refractivity contribution >= 4 is 11.8 Å². The van der Waals surface area contributed by atoms with Crippen LogP contribution >= 0.6 is 0 Å². The van der Waals surface area contributed by atoms with E-state index in [1.807, 2.05) is 30.3 Å². The zero-order chi connectivity index (χ0) is 12.5. The molecule has 2 atom stereocenters. The van der Waals surface area contributed by atoms with Crippen LogP contribution in [0.5, 0.6) is 0 Å². The largest absolute Gasteiger partial charge is 0.295 e. The number of carbonyl (C=O) groups excluding carboxylic acids is 2. The summed E-state index contributed by atoms with van der Waals surface area (Å²) < 4.78 is 0. The number of hydrogen-bond donors (Lipinski definition) is 1. The Hall–Kier alpha value is -1.68. The van der Waals surface area contributed by atoms with E-state index in [4.69, 9.17) is 0 Å². The van der Waals surface area contributed by atoms with Gasteiger partial charge in [-0.3, -0.25) is 19.8 Å². The van der Waals surface area contributed by atoms with Gasteiger partial charge in [-0.05, 0) is 24.8 Å². The van der Waals surface area contributed by atoms with Crippen LogP contribution in [-0.2, 0) is 16.1 Å². The van der Waals surface area contributed by atoms with E-state index >= 15 is 0 Å². The van der Waals surface area contributed by atoms with E-state index in [1.54, 1.807) is 0 Å². The number of hydrogen-bond acceptors (Lipinski definition) is 3. The van der Waals surface area contributed by atoms with Gasteiger partial charge in [0.05, 0.1) is 18.6 Å². The summed E-state index contributed by atoms with van der Waals surface area (Å²) in [7, 11) is 0. The Kier molecular flexibility index (Phi) is 2.88. The van der Waals surface area contributed by atoms with Gasteiger partial charge in [-0.1, -0.05) is 30.3 Å². The van der Waals surface area contributed by atoms with Crippen LogP contribution < -0.4 is 5.32 Å². The highest BCUT2D eigenvalue weighted by Crippen LogP contribution is 2.23. The molecule has 2 unspecified atom stereocenters. The Morgan fingerprint density at radius 2 is 1.67 bits per heavy atom. The third-order valence-electron chi connectivity index (χ3n) is 3.70. The SMILES string of the molecule is O=C1C2CCCC(N2)C(=O)N1Cc1ccccc1. The van der Waals surface area contributed by atoms with Gasteiger partial charge in [0.15, 0.2) is 0 Å². The Morgan fingerprint density at radius 3 is 2.28 bits per heavy atom. The summed E-state index contributed by atoms with van der Waals surface area (Å²) in [5.41, 5.74) is 0.999. The van der Waals surface area contributed by atoms with Gasteiger partial charge in [0, 0.05) is 0 Å². The monoisotopic (exact) mass is 244 g/mol. The van der Waals surface area contributed by atoms with Gasteiger partial charge in [-0.15, -0.1) is 0 Å². The molecule has 0 aliphatic carbocycles. The summed E-state index contributed by atoms with van der Waals surface area (Å²) in [5, 5.41) is 3.13. The van der Waals surface area contributed by atoms with Crippen molar-refractivity contribution in [2.75, 3.05) is 0 Å². The van der Waals surface area contributed by atoms with Gasteiger partial charge in [0.1, 0.15) is 0 Å². The number of amides is 2. The van der Waals surface area contributed by atoms with Crippen molar-refractivity contribution in [1.82, 2.24) is 10.2 Å². The predicted molar refractivity (Wildman–Crippen MR) is 66.6 cm³/mol. The molecular weight excluding hydrogens is 228 g/mol. The topological polar surface area (TPSA) is 49.4 Å². The smallest absolute Gasteiger partial charge is 0.246 e. The normalized spacial score (nSPS) is 27.4. The number of fused-ring (bicyclic) bond motifs is 2. The molecule has 2 amide bonds. The summed E-state index contributed by atoms with van der Waals surface area (Å²) in [6.07, 6.45) is 2.64. The molecule has 0 radical (unpaired) electrons. The third-order valence-corrected chi connectivity index (χ3v) is 3.70. The predicted octanol–water partition coefficient (Wildman–Crippen LogP) is 1.07. The number of nitrogens with zero attached hydrogens (tertiary/aromatic N) is 1. The second-order valence-electron chi connectivity index (χ2n) is 4.95. The summed E-state index contributed by atoms with van der Waals surface area (Å²) >= 11 is 0. The van der Waals surface area contributed by atoms with Crippen molar-refractivity contribution in [3.05, 3.63) is 35.9 Å². The van der Waals surface area contributed by atoms with Crippen LogP contribution in [0.1, 0.15) is 24.8 Å². The van der Waals surface area contributed by atoms with Gasteiger partial charge < -0.3 is 0 Å². The first-order chi connectivity index (χ1) is 8.75. The molecule has 2 aliphatic rings. The maximum atomic E-state index is 12.2. The summed E-state index contributed by atoms with van der Waals surface area (Å²) in [4.78, 5) is 25.8. The molecule has 2 fully saturated rings. The number of carbonyl (C=O) groups is 2. The minimum Gasteiger partial charge on any atom is -0.295 e. The molecule has 1 aromatic rings. The van der Waals surface area contributed by atoms with Gasteiger partial charge in [-0.2, -0.15) is 0 Å². The van der Waals surface area contributed by atoms with Crippen LogP contribution in [-0.4, -0.2) is 28.8 Å². The Labute approximate surface area is 106 Å². The molecule has 3 rings (SSSR count). The van der Waals surface area contributed by atoms with Crippen LogP contribution in [0.3, 0.4) is 0 Å². The molecule has 18 heavy (non-hydrogen) atoms. The first-order valence-electron chi connectivity index (χ1n) is 6.41. The Morgan fingerprint density at radius 1 is 1.06 bits per heavy atom. The average Bonchev–Trinajstić information content (AvgIpc) is 2.43. The van der Waals surface area contributed by atoms with Crippen molar-refractivity contribution in [1.29, 1.82) is 0 Å². The summed E-state index contributed by atoms with van der Waals surface area (Å²) in [6, 6.07) is 9.34. The quantitative estimate of drug-likeness (QED) is 0.792. The second kappa shape index (κ2) is 4.53. The molecule has 0 aromatic heterocycles. The van der Waals surface area contributed by atoms with Crippen molar-refractivity contribution in [2.45, 2.75) is 37.9 Å². The van der Waals surface area contributed by atoms with Crippen LogP contribution in [0.4, 0.5) is 0 Å². The van der Waals surface area contributed by atoms with Crippen molar-refractivity contribution in [3.63, 3.8) is 0 Å². The molecule has 4 nitrogen and oxygen atoms in total. The first-order valence-corrected chi connectivity index (χ1v) is 6.41. The number of piperidine rings is 1. The average molecular weight is 244 g/mol. The lowest BCUT2D eigenvalue weighted by molar-refractivity contribution is -0.154. The second-order valence-corrected chi connectivity index (χ2v) is 4.95. The molecule has 1 aromatic carbocycles. The molecule has 2 bridgehead atoms. The Balaban J connectivity index is 1.82. The van der Waals surface area contributed by atoms with E-state index in [1.165, 1.54) is 4.90 Å². The lowest BCUT2D eigenvalue weighted by atomic mass is 9.92. The van der Waals surface area contributed by atoms with E-state index in [-0.39, 0.29) is 23.9 Å². The number of likely N-dealkylation sites (tertiary alicyclic amines) is 1. The first kappa shape index (κ1) is 11.4. The fraction of sp³-hybridized carbons (Fsp3) is 0.429. The van der Waals surface area contributed by atoms with Crippen LogP contribution in [0, 0.1) is 0 Å². The molecule has 2 heterocycles. The summed E-state index contributed by atoms with van der Waals surface area (Å²) in [5.74, 6) is -0.139. The zero-order valence-electron chi connectivity index (χ0n) is 10.1. The van der Waals surface area contributed by atoms with Crippen molar-refractivity contribution < 1.29 is 9.59 Å². The third kappa shape index (κ3) is 1.93. The molecule has 2 saturated heterocycles. The maximum absolute atomic E-state index is 12.2. The molecule has 2 aliphatic heterocycles. The van der Waals surface area contributed by atoms with Crippen molar-refractivity contribution in [2.24, 2.45) is 0 Å². The fourth-order valence-corrected chi connectivity index (χ4v) is 2.73. The van der Waals surface area contributed by atoms with Gasteiger partial charge in [-0.25, -0.2) is 0 Å². The van der Waals surface area contributed by atoms with Crippen LogP contribution in [0.2, 0.25) is 0 Å². The van der Waals surface area contributed by atoms with E-state index in [0.29, 0.717) is 6.54 Å². The highest BCUT2D eigenvalue weighted by molar-refractivity contribution is 6.03. The number of rotatable bonds is 2. The number of benzene rings is 1. The van der Waals surface area contributed by atoms with E-state index in [0.717, 1.165) is 24.8 Å². The minimum absolute atomic E-state index is 0.0696.